The first-order valence-corrected chi connectivity index (χ1v) is 6.59. The van der Waals surface area contributed by atoms with Crippen LogP contribution in [0.1, 0.15) is 24.8 Å². The van der Waals surface area contributed by atoms with Crippen LogP contribution in [0, 0.1) is 0 Å². The van der Waals surface area contributed by atoms with Gasteiger partial charge in [-0.2, -0.15) is 0 Å². The second-order valence-corrected chi connectivity index (χ2v) is 5.29. The summed E-state index contributed by atoms with van der Waals surface area (Å²) in [5.74, 6) is 1.50. The Labute approximate surface area is 110 Å². The molecule has 0 aliphatic heterocycles. The van der Waals surface area contributed by atoms with E-state index in [1.54, 1.807) is 14.2 Å². The van der Waals surface area contributed by atoms with E-state index >= 15 is 0 Å². The Hall–Kier alpha value is -0.740. The molecule has 1 fully saturated rings. The minimum Gasteiger partial charge on any atom is -0.493 e. The summed E-state index contributed by atoms with van der Waals surface area (Å²) in [4.78, 5) is 0. The molecule has 0 spiro atoms. The Bertz CT molecular complexity index is 411. The molecule has 1 aromatic carbocycles. The van der Waals surface area contributed by atoms with Crippen LogP contribution in [0.2, 0.25) is 0 Å². The highest BCUT2D eigenvalue weighted by Gasteiger charge is 2.39. The zero-order valence-corrected chi connectivity index (χ0v) is 11.8. The van der Waals surface area contributed by atoms with E-state index in [1.807, 2.05) is 6.07 Å². The van der Waals surface area contributed by atoms with Gasteiger partial charge in [-0.15, -0.1) is 0 Å². The van der Waals surface area contributed by atoms with Crippen LogP contribution in [0.25, 0.3) is 0 Å². The number of ether oxygens (including phenoxy) is 2. The largest absolute Gasteiger partial charge is 0.493 e. The normalized spacial score (nSPS) is 17.4. The third kappa shape index (κ3) is 1.93. The third-order valence-corrected chi connectivity index (χ3v) is 4.55. The van der Waals surface area contributed by atoms with Crippen molar-refractivity contribution in [2.24, 2.45) is 5.73 Å². The molecule has 1 aliphatic carbocycles. The van der Waals surface area contributed by atoms with Gasteiger partial charge in [0.2, 0.25) is 0 Å². The molecule has 0 atom stereocenters. The molecule has 0 amide bonds. The summed E-state index contributed by atoms with van der Waals surface area (Å²) in [6.45, 7) is 0.682. The molecule has 0 saturated heterocycles. The predicted octanol–water partition coefficient (Wildman–Crippen LogP) is 2.85. The van der Waals surface area contributed by atoms with Crippen LogP contribution in [0.4, 0.5) is 0 Å². The van der Waals surface area contributed by atoms with Crippen molar-refractivity contribution in [1.82, 2.24) is 0 Å². The average molecular weight is 300 g/mol. The molecule has 2 N–H and O–H groups in total. The Kier molecular flexibility index (Phi) is 3.64. The molecule has 1 saturated carbocycles. The standard InChI is InChI=1S/C13H18BrNO2/c1-16-10-5-4-9(11(14)12(10)17-2)13(8-15)6-3-7-13/h4-5H,3,6-8,15H2,1-2H3. The highest BCUT2D eigenvalue weighted by molar-refractivity contribution is 9.10. The van der Waals surface area contributed by atoms with Gasteiger partial charge in [0.15, 0.2) is 11.5 Å². The zero-order chi connectivity index (χ0) is 12.5. The van der Waals surface area contributed by atoms with Gasteiger partial charge in [-0.25, -0.2) is 0 Å². The van der Waals surface area contributed by atoms with Gasteiger partial charge in [-0.1, -0.05) is 12.5 Å². The van der Waals surface area contributed by atoms with Gasteiger partial charge in [0.25, 0.3) is 0 Å². The molecule has 2 rings (SSSR count). The number of rotatable bonds is 4. The second-order valence-electron chi connectivity index (χ2n) is 4.50. The Morgan fingerprint density at radius 2 is 2.00 bits per heavy atom. The lowest BCUT2D eigenvalue weighted by Crippen LogP contribution is -2.41. The molecule has 0 bridgehead atoms. The fourth-order valence-electron chi connectivity index (χ4n) is 2.49. The molecule has 94 valence electrons. The summed E-state index contributed by atoms with van der Waals surface area (Å²) in [7, 11) is 3.30. The first-order valence-electron chi connectivity index (χ1n) is 5.79. The zero-order valence-electron chi connectivity index (χ0n) is 10.3. The number of halogens is 1. The van der Waals surface area contributed by atoms with Crippen LogP contribution in [-0.2, 0) is 5.41 Å². The molecule has 17 heavy (non-hydrogen) atoms. The maximum Gasteiger partial charge on any atom is 0.175 e. The molecule has 1 aromatic rings. The number of hydrogen-bond donors (Lipinski definition) is 1. The summed E-state index contributed by atoms with van der Waals surface area (Å²) >= 11 is 3.62. The van der Waals surface area contributed by atoms with Gasteiger partial charge < -0.3 is 15.2 Å². The first-order chi connectivity index (χ1) is 8.18. The summed E-state index contributed by atoms with van der Waals surface area (Å²) in [6, 6.07) is 4.05. The molecular formula is C13H18BrNO2. The van der Waals surface area contributed by atoms with Crippen LogP contribution >= 0.6 is 15.9 Å². The second kappa shape index (κ2) is 4.86. The van der Waals surface area contributed by atoms with Crippen molar-refractivity contribution in [2.45, 2.75) is 24.7 Å². The van der Waals surface area contributed by atoms with Gasteiger partial charge in [0.05, 0.1) is 18.7 Å². The molecule has 0 unspecified atom stereocenters. The molecule has 4 heteroatoms. The SMILES string of the molecule is COc1ccc(C2(CN)CCC2)c(Br)c1OC. The van der Waals surface area contributed by atoms with Crippen LogP contribution in [0.15, 0.2) is 16.6 Å². The minimum atomic E-state index is 0.123. The van der Waals surface area contributed by atoms with Crippen molar-refractivity contribution >= 4 is 15.9 Å². The van der Waals surface area contributed by atoms with E-state index in [-0.39, 0.29) is 5.41 Å². The summed E-state index contributed by atoms with van der Waals surface area (Å²) in [6.07, 6.45) is 3.55. The van der Waals surface area contributed by atoms with Crippen molar-refractivity contribution in [3.8, 4) is 11.5 Å². The lowest BCUT2D eigenvalue weighted by molar-refractivity contribution is 0.250. The molecule has 0 radical (unpaired) electrons. The monoisotopic (exact) mass is 299 g/mol. The molecule has 0 heterocycles. The number of hydrogen-bond acceptors (Lipinski definition) is 3. The van der Waals surface area contributed by atoms with Gasteiger partial charge in [-0.05, 0) is 40.4 Å². The van der Waals surface area contributed by atoms with Crippen molar-refractivity contribution in [3.63, 3.8) is 0 Å². The smallest absolute Gasteiger partial charge is 0.175 e. The van der Waals surface area contributed by atoms with E-state index in [0.717, 1.165) is 28.8 Å². The van der Waals surface area contributed by atoms with E-state index < -0.39 is 0 Å². The van der Waals surface area contributed by atoms with Crippen LogP contribution in [0.3, 0.4) is 0 Å². The highest BCUT2D eigenvalue weighted by atomic mass is 79.9. The third-order valence-electron chi connectivity index (χ3n) is 3.76. The summed E-state index contributed by atoms with van der Waals surface area (Å²) < 4.78 is 11.7. The van der Waals surface area contributed by atoms with Crippen molar-refractivity contribution in [3.05, 3.63) is 22.2 Å². The van der Waals surface area contributed by atoms with Gasteiger partial charge in [0.1, 0.15) is 0 Å². The van der Waals surface area contributed by atoms with Crippen molar-refractivity contribution in [2.75, 3.05) is 20.8 Å². The average Bonchev–Trinajstić information content (AvgIpc) is 2.30. The van der Waals surface area contributed by atoms with Gasteiger partial charge >= 0.3 is 0 Å². The highest BCUT2D eigenvalue weighted by Crippen LogP contribution is 2.49. The quantitative estimate of drug-likeness (QED) is 0.930. The molecule has 3 nitrogen and oxygen atoms in total. The predicted molar refractivity (Wildman–Crippen MR) is 71.8 cm³/mol. The van der Waals surface area contributed by atoms with E-state index in [1.165, 1.54) is 12.0 Å². The number of nitrogens with two attached hydrogens (primary N) is 1. The molecule has 1 aliphatic rings. The fourth-order valence-corrected chi connectivity index (χ4v) is 3.40. The molecule has 0 aromatic heterocycles. The summed E-state index contributed by atoms with van der Waals surface area (Å²) in [5, 5.41) is 0. The Morgan fingerprint density at radius 3 is 2.41 bits per heavy atom. The first kappa shape index (κ1) is 12.7. The summed E-state index contributed by atoms with van der Waals surface area (Å²) in [5.41, 5.74) is 7.30. The maximum atomic E-state index is 5.94. The number of methoxy groups -OCH3 is 2. The topological polar surface area (TPSA) is 44.5 Å². The van der Waals surface area contributed by atoms with Crippen LogP contribution in [-0.4, -0.2) is 20.8 Å². The van der Waals surface area contributed by atoms with Crippen LogP contribution in [0.5, 0.6) is 11.5 Å². The van der Waals surface area contributed by atoms with E-state index in [9.17, 15) is 0 Å². The van der Waals surface area contributed by atoms with Crippen molar-refractivity contribution in [1.29, 1.82) is 0 Å². The van der Waals surface area contributed by atoms with E-state index in [0.29, 0.717) is 6.54 Å². The van der Waals surface area contributed by atoms with Crippen LogP contribution < -0.4 is 15.2 Å². The molecular weight excluding hydrogens is 282 g/mol. The van der Waals surface area contributed by atoms with Gasteiger partial charge in [-0.3, -0.25) is 0 Å². The Morgan fingerprint density at radius 1 is 1.29 bits per heavy atom. The lowest BCUT2D eigenvalue weighted by atomic mass is 9.64. The van der Waals surface area contributed by atoms with Gasteiger partial charge in [0, 0.05) is 12.0 Å². The van der Waals surface area contributed by atoms with E-state index in [4.69, 9.17) is 15.2 Å². The lowest BCUT2D eigenvalue weighted by Gasteiger charge is -2.42. The fraction of sp³-hybridized carbons (Fsp3) is 0.538. The maximum absolute atomic E-state index is 5.94. The minimum absolute atomic E-state index is 0.123. The number of benzene rings is 1. The van der Waals surface area contributed by atoms with E-state index in [2.05, 4.69) is 22.0 Å². The van der Waals surface area contributed by atoms with Crippen molar-refractivity contribution < 1.29 is 9.47 Å². The Balaban J connectivity index is 2.49.